The molecule has 8 nitrogen and oxygen atoms in total. The Labute approximate surface area is 226 Å². The number of allylic oxidation sites excluding steroid dienone is 2. The Morgan fingerprint density at radius 3 is 2.53 bits per heavy atom. The van der Waals surface area contributed by atoms with Crippen LogP contribution in [0.3, 0.4) is 0 Å². The Kier molecular flexibility index (Phi) is 13.7. The fraction of sp³-hybridized carbons (Fsp3) is 0.600. The van der Waals surface area contributed by atoms with Crippen molar-refractivity contribution in [3.05, 3.63) is 59.9 Å². The van der Waals surface area contributed by atoms with Crippen LogP contribution in [0.1, 0.15) is 76.9 Å². The van der Waals surface area contributed by atoms with Crippen molar-refractivity contribution in [1.82, 2.24) is 5.32 Å². The van der Waals surface area contributed by atoms with Crippen LogP contribution in [0.2, 0.25) is 0 Å². The lowest BCUT2D eigenvalue weighted by Gasteiger charge is -2.17. The first-order chi connectivity index (χ1) is 18.2. The van der Waals surface area contributed by atoms with E-state index in [1.54, 1.807) is 18.2 Å². The zero-order valence-corrected chi connectivity index (χ0v) is 22.8. The van der Waals surface area contributed by atoms with Crippen LogP contribution in [0.4, 0.5) is 0 Å². The normalized spacial score (nSPS) is 25.9. The number of fused-ring (bicyclic) bond motifs is 1. The molecule has 1 aliphatic carbocycles. The number of carboxylic acids is 1. The third-order valence-electron chi connectivity index (χ3n) is 7.21. The van der Waals surface area contributed by atoms with Crippen molar-refractivity contribution in [3.63, 3.8) is 0 Å². The molecule has 5 N–H and O–H groups in total. The molecule has 8 heteroatoms. The Morgan fingerprint density at radius 2 is 1.89 bits per heavy atom. The molecule has 212 valence electrons. The minimum atomic E-state index is -0.857. The minimum Gasteiger partial charge on any atom is -0.486 e. The number of nitrogens with one attached hydrogen (secondary N) is 1. The van der Waals surface area contributed by atoms with E-state index in [1.807, 2.05) is 44.3 Å². The van der Waals surface area contributed by atoms with Crippen molar-refractivity contribution in [2.75, 3.05) is 7.05 Å². The highest BCUT2D eigenvalue weighted by Gasteiger charge is 2.52. The van der Waals surface area contributed by atoms with Crippen LogP contribution in [-0.2, 0) is 14.3 Å². The minimum absolute atomic E-state index is 0.0603. The van der Waals surface area contributed by atoms with E-state index < -0.39 is 30.2 Å². The van der Waals surface area contributed by atoms with Gasteiger partial charge in [-0.3, -0.25) is 9.59 Å². The molecule has 0 aromatic heterocycles. The van der Waals surface area contributed by atoms with E-state index >= 15 is 0 Å². The molecular weight excluding hydrogens is 486 g/mol. The Hall–Kier alpha value is -2.52. The first-order valence-corrected chi connectivity index (χ1v) is 13.8. The Bertz CT molecular complexity index is 916. The standard InChI is InChI=1S/C20H30O6.C10H15NO/c1-2-3-4-7-13(21)10-11-14-15(22)12-17-19(14)20(25)16(26-17)8-5-6-9-18(23)24;1-8(11-2)10(12)9-6-4-3-5-7-9/h8,10-11,13-15,17,19,21-22H,2-7,9,12H2,1H3,(H,23,24);3-8,10-12H,1-2H3/b11-10+,16-8-;. The molecule has 2 fully saturated rings. The molecule has 7 unspecified atom stereocenters. The van der Waals surface area contributed by atoms with E-state index in [0.717, 1.165) is 24.8 Å². The van der Waals surface area contributed by atoms with Crippen molar-refractivity contribution >= 4 is 11.8 Å². The Morgan fingerprint density at radius 1 is 1.18 bits per heavy atom. The van der Waals surface area contributed by atoms with E-state index in [2.05, 4.69) is 12.2 Å². The second-order valence-electron chi connectivity index (χ2n) is 10.2. The third-order valence-corrected chi connectivity index (χ3v) is 7.21. The van der Waals surface area contributed by atoms with E-state index in [0.29, 0.717) is 31.4 Å². The number of aliphatic hydroxyl groups excluding tert-OH is 3. The molecule has 0 bridgehead atoms. The quantitative estimate of drug-likeness (QED) is 0.147. The first kappa shape index (κ1) is 31.7. The van der Waals surface area contributed by atoms with Gasteiger partial charge in [0.05, 0.1) is 24.2 Å². The number of Topliss-reactive ketones (excluding diaryl/α,β-unsaturated/α-hetero) is 1. The summed E-state index contributed by atoms with van der Waals surface area (Å²) in [5.41, 5.74) is 0.958. The molecular formula is C30H45NO7. The number of hydrogen-bond acceptors (Lipinski definition) is 7. The molecule has 1 heterocycles. The molecule has 1 aromatic rings. The fourth-order valence-electron chi connectivity index (χ4n) is 4.82. The number of carbonyl (C=O) groups excluding carboxylic acids is 1. The van der Waals surface area contributed by atoms with Crippen LogP contribution < -0.4 is 5.32 Å². The second kappa shape index (κ2) is 16.4. The zero-order valence-electron chi connectivity index (χ0n) is 22.8. The van der Waals surface area contributed by atoms with E-state index in [1.165, 1.54) is 0 Å². The van der Waals surface area contributed by atoms with Crippen molar-refractivity contribution in [2.45, 2.75) is 95.7 Å². The number of carbonyl (C=O) groups is 2. The smallest absolute Gasteiger partial charge is 0.303 e. The maximum absolute atomic E-state index is 12.6. The maximum Gasteiger partial charge on any atom is 0.303 e. The van der Waals surface area contributed by atoms with Gasteiger partial charge in [-0.2, -0.15) is 0 Å². The number of aliphatic carboxylic acids is 1. The molecule has 1 aliphatic heterocycles. The largest absolute Gasteiger partial charge is 0.486 e. The lowest BCUT2D eigenvalue weighted by molar-refractivity contribution is -0.137. The Balaban J connectivity index is 0.000000352. The fourth-order valence-corrected chi connectivity index (χ4v) is 4.82. The molecule has 1 saturated heterocycles. The summed E-state index contributed by atoms with van der Waals surface area (Å²) in [4.78, 5) is 23.1. The van der Waals surface area contributed by atoms with Gasteiger partial charge >= 0.3 is 5.97 Å². The van der Waals surface area contributed by atoms with Gasteiger partial charge in [-0.05, 0) is 44.9 Å². The van der Waals surface area contributed by atoms with Crippen molar-refractivity contribution in [1.29, 1.82) is 0 Å². The molecule has 0 spiro atoms. The molecule has 0 radical (unpaired) electrons. The monoisotopic (exact) mass is 531 g/mol. The first-order valence-electron chi connectivity index (χ1n) is 13.8. The van der Waals surface area contributed by atoms with Gasteiger partial charge in [-0.1, -0.05) is 68.7 Å². The zero-order chi connectivity index (χ0) is 28.1. The van der Waals surface area contributed by atoms with E-state index in [-0.39, 0.29) is 30.3 Å². The number of hydrogen-bond donors (Lipinski definition) is 5. The highest BCUT2D eigenvalue weighted by atomic mass is 16.5. The average molecular weight is 532 g/mol. The summed E-state index contributed by atoms with van der Waals surface area (Å²) in [6.45, 7) is 4.06. The van der Waals surface area contributed by atoms with Crippen molar-refractivity contribution in [2.24, 2.45) is 11.8 Å². The number of carboxylic acid groups (broad SMARTS) is 1. The number of aliphatic hydroxyl groups is 3. The maximum atomic E-state index is 12.6. The van der Waals surface area contributed by atoms with Gasteiger partial charge in [-0.15, -0.1) is 0 Å². The SMILES string of the molecule is CCCCCC(O)/C=C/C1C(O)CC2O/C(=C\CCCC(=O)O)C(=O)C21.CNC(C)C(O)c1ccccc1. The number of unbranched alkanes of at least 4 members (excludes halogenated alkanes) is 3. The highest BCUT2D eigenvalue weighted by molar-refractivity contribution is 5.98. The lowest BCUT2D eigenvalue weighted by atomic mass is 9.89. The van der Waals surface area contributed by atoms with Crippen LogP contribution >= 0.6 is 0 Å². The van der Waals surface area contributed by atoms with Crippen LogP contribution in [0.5, 0.6) is 0 Å². The number of ether oxygens (including phenoxy) is 1. The van der Waals surface area contributed by atoms with Crippen LogP contribution in [0.15, 0.2) is 54.3 Å². The van der Waals surface area contributed by atoms with Gasteiger partial charge in [0.15, 0.2) is 5.76 Å². The second-order valence-corrected chi connectivity index (χ2v) is 10.2. The predicted octanol–water partition coefficient (Wildman–Crippen LogP) is 3.92. The predicted molar refractivity (Wildman–Crippen MR) is 146 cm³/mol. The molecule has 2 aliphatic rings. The van der Waals surface area contributed by atoms with E-state index in [4.69, 9.17) is 9.84 Å². The van der Waals surface area contributed by atoms with Crippen LogP contribution in [0, 0.1) is 11.8 Å². The number of rotatable bonds is 13. The molecule has 0 amide bonds. The van der Waals surface area contributed by atoms with Gasteiger partial charge in [0.25, 0.3) is 0 Å². The molecule has 3 rings (SSSR count). The molecule has 38 heavy (non-hydrogen) atoms. The van der Waals surface area contributed by atoms with Crippen molar-refractivity contribution < 1.29 is 34.8 Å². The van der Waals surface area contributed by atoms with Gasteiger partial charge in [-0.25, -0.2) is 0 Å². The highest BCUT2D eigenvalue weighted by Crippen LogP contribution is 2.43. The summed E-state index contributed by atoms with van der Waals surface area (Å²) in [5, 5.41) is 41.7. The van der Waals surface area contributed by atoms with E-state index in [9.17, 15) is 24.9 Å². The molecule has 1 saturated carbocycles. The van der Waals surface area contributed by atoms with Crippen LogP contribution in [0.25, 0.3) is 0 Å². The third kappa shape index (κ3) is 9.66. The summed E-state index contributed by atoms with van der Waals surface area (Å²) < 4.78 is 5.70. The lowest BCUT2D eigenvalue weighted by Crippen LogP contribution is -2.28. The van der Waals surface area contributed by atoms with Gasteiger partial charge in [0.1, 0.15) is 6.10 Å². The number of benzene rings is 1. The number of likely N-dealkylation sites (N-methyl/N-ethyl adjacent to an activating group) is 1. The summed E-state index contributed by atoms with van der Waals surface area (Å²) in [7, 11) is 1.84. The van der Waals surface area contributed by atoms with Gasteiger partial charge in [0, 0.05) is 24.8 Å². The van der Waals surface area contributed by atoms with Crippen LogP contribution in [-0.4, -0.2) is 63.6 Å². The van der Waals surface area contributed by atoms with Crippen molar-refractivity contribution in [3.8, 4) is 0 Å². The summed E-state index contributed by atoms with van der Waals surface area (Å²) in [6, 6.07) is 9.76. The van der Waals surface area contributed by atoms with Gasteiger partial charge < -0.3 is 30.5 Å². The summed E-state index contributed by atoms with van der Waals surface area (Å²) >= 11 is 0. The average Bonchev–Trinajstić information content (AvgIpc) is 3.38. The number of ketones is 1. The molecule has 7 atom stereocenters. The topological polar surface area (TPSA) is 136 Å². The molecule has 1 aromatic carbocycles. The van der Waals surface area contributed by atoms with Gasteiger partial charge in [0.2, 0.25) is 5.78 Å². The summed E-state index contributed by atoms with van der Waals surface area (Å²) in [6.07, 6.45) is 8.34. The summed E-state index contributed by atoms with van der Waals surface area (Å²) in [5.74, 6) is -1.46.